The highest BCUT2D eigenvalue weighted by Gasteiger charge is 2.32. The first-order valence-electron chi connectivity index (χ1n) is 11.9. The normalized spacial score (nSPS) is 16.6. The van der Waals surface area contributed by atoms with Gasteiger partial charge in [0.25, 0.3) is 5.56 Å². The topological polar surface area (TPSA) is 60.7 Å². The van der Waals surface area contributed by atoms with Crippen molar-refractivity contribution < 1.29 is 9.53 Å². The molecule has 1 aromatic heterocycles. The number of esters is 1. The number of methoxy groups -OCH3 is 1. The van der Waals surface area contributed by atoms with Gasteiger partial charge in [-0.2, -0.15) is 0 Å². The highest BCUT2D eigenvalue weighted by Crippen LogP contribution is 2.41. The predicted octanol–water partition coefficient (Wildman–Crippen LogP) is 4.41. The molecule has 0 amide bonds. The molecular formula is C30H24N2O3S. The second-order valence-corrected chi connectivity index (χ2v) is 10.1. The monoisotopic (exact) mass is 492 g/mol. The molecule has 178 valence electrons. The van der Waals surface area contributed by atoms with Crippen LogP contribution in [0.5, 0.6) is 0 Å². The molecule has 0 spiro atoms. The van der Waals surface area contributed by atoms with Gasteiger partial charge in [-0.25, -0.2) is 9.79 Å². The van der Waals surface area contributed by atoms with Crippen LogP contribution in [0.3, 0.4) is 0 Å². The maximum Gasteiger partial charge on any atom is 0.337 e. The zero-order valence-corrected chi connectivity index (χ0v) is 20.8. The van der Waals surface area contributed by atoms with E-state index < -0.39 is 0 Å². The number of rotatable bonds is 3. The number of hydrogen-bond donors (Lipinski definition) is 0. The van der Waals surface area contributed by atoms with Crippen LogP contribution in [0, 0.1) is 6.92 Å². The molecule has 0 N–H and O–H groups in total. The SMILES string of the molecule is COC(=O)c1ccc(C2C3=C(N=c4sc(=Cc5ccc(C)cc5)c(=O)n42)c2ccccc2CC3)cc1. The Labute approximate surface area is 212 Å². The second kappa shape index (κ2) is 8.88. The molecule has 1 atom stereocenters. The summed E-state index contributed by atoms with van der Waals surface area (Å²) in [7, 11) is 1.37. The predicted molar refractivity (Wildman–Crippen MR) is 142 cm³/mol. The summed E-state index contributed by atoms with van der Waals surface area (Å²) in [5, 5.41) is 0. The van der Waals surface area contributed by atoms with E-state index in [1.807, 2.05) is 60.0 Å². The molecule has 3 aromatic carbocycles. The molecule has 0 saturated carbocycles. The molecule has 0 saturated heterocycles. The van der Waals surface area contributed by atoms with Crippen LogP contribution >= 0.6 is 11.3 Å². The number of aryl methyl sites for hydroxylation is 2. The van der Waals surface area contributed by atoms with Gasteiger partial charge in [-0.05, 0) is 60.2 Å². The molecule has 36 heavy (non-hydrogen) atoms. The van der Waals surface area contributed by atoms with Gasteiger partial charge in [0.1, 0.15) is 0 Å². The zero-order valence-electron chi connectivity index (χ0n) is 20.0. The van der Waals surface area contributed by atoms with Gasteiger partial charge in [0.15, 0.2) is 4.80 Å². The van der Waals surface area contributed by atoms with Gasteiger partial charge in [-0.15, -0.1) is 0 Å². The summed E-state index contributed by atoms with van der Waals surface area (Å²) in [6, 6.07) is 23.6. The fourth-order valence-electron chi connectivity index (χ4n) is 5.06. The average molecular weight is 493 g/mol. The summed E-state index contributed by atoms with van der Waals surface area (Å²) in [5.74, 6) is -0.380. The van der Waals surface area contributed by atoms with Crippen LogP contribution in [-0.4, -0.2) is 17.6 Å². The minimum Gasteiger partial charge on any atom is -0.465 e. The fourth-order valence-corrected chi connectivity index (χ4v) is 6.06. The first kappa shape index (κ1) is 22.4. The lowest BCUT2D eigenvalue weighted by Gasteiger charge is -2.30. The Kier molecular flexibility index (Phi) is 5.53. The minimum absolute atomic E-state index is 0.0493. The lowest BCUT2D eigenvalue weighted by Crippen LogP contribution is -2.38. The molecular weight excluding hydrogens is 468 g/mol. The molecule has 1 aliphatic carbocycles. The Balaban J connectivity index is 1.58. The zero-order chi connectivity index (χ0) is 24.8. The van der Waals surface area contributed by atoms with Crippen molar-refractivity contribution in [2.24, 2.45) is 4.99 Å². The third kappa shape index (κ3) is 3.74. The number of fused-ring (bicyclic) bond motifs is 3. The van der Waals surface area contributed by atoms with Crippen molar-refractivity contribution in [1.29, 1.82) is 0 Å². The summed E-state index contributed by atoms with van der Waals surface area (Å²) in [6.45, 7) is 2.05. The number of carbonyl (C=O) groups is 1. The molecule has 4 aromatic rings. The first-order valence-corrected chi connectivity index (χ1v) is 12.7. The van der Waals surface area contributed by atoms with Crippen molar-refractivity contribution in [3.05, 3.63) is 131 Å². The molecule has 6 heteroatoms. The number of hydrogen-bond acceptors (Lipinski definition) is 5. The third-order valence-electron chi connectivity index (χ3n) is 6.90. The maximum atomic E-state index is 13.8. The molecule has 6 rings (SSSR count). The van der Waals surface area contributed by atoms with Gasteiger partial charge < -0.3 is 4.74 Å². The lowest BCUT2D eigenvalue weighted by atomic mass is 9.83. The van der Waals surface area contributed by atoms with Crippen molar-refractivity contribution in [3.8, 4) is 0 Å². The molecule has 1 aliphatic heterocycles. The Morgan fingerprint density at radius 1 is 1.03 bits per heavy atom. The Bertz CT molecular complexity index is 1710. The van der Waals surface area contributed by atoms with Crippen LogP contribution in [0.4, 0.5) is 0 Å². The van der Waals surface area contributed by atoms with Crippen LogP contribution in [0.25, 0.3) is 11.8 Å². The van der Waals surface area contributed by atoms with E-state index in [1.165, 1.54) is 29.6 Å². The average Bonchev–Trinajstić information content (AvgIpc) is 3.22. The van der Waals surface area contributed by atoms with E-state index in [9.17, 15) is 9.59 Å². The van der Waals surface area contributed by atoms with Gasteiger partial charge in [-0.3, -0.25) is 9.36 Å². The van der Waals surface area contributed by atoms with Crippen LogP contribution in [-0.2, 0) is 11.2 Å². The Morgan fingerprint density at radius 2 is 1.78 bits per heavy atom. The molecule has 2 heterocycles. The van der Waals surface area contributed by atoms with E-state index in [0.29, 0.717) is 14.9 Å². The van der Waals surface area contributed by atoms with E-state index in [2.05, 4.69) is 18.2 Å². The fraction of sp³-hybridized carbons (Fsp3) is 0.167. The summed E-state index contributed by atoms with van der Waals surface area (Å²) in [5.41, 5.74) is 8.05. The molecule has 2 aliphatic rings. The highest BCUT2D eigenvalue weighted by atomic mass is 32.1. The molecule has 5 nitrogen and oxygen atoms in total. The van der Waals surface area contributed by atoms with E-state index >= 15 is 0 Å². The minimum atomic E-state index is -0.380. The van der Waals surface area contributed by atoms with E-state index in [0.717, 1.165) is 40.8 Å². The Hall–Kier alpha value is -4.03. The van der Waals surface area contributed by atoms with Crippen LogP contribution in [0.15, 0.2) is 88.2 Å². The number of thiazole rings is 1. The quantitative estimate of drug-likeness (QED) is 0.398. The van der Waals surface area contributed by atoms with Gasteiger partial charge in [-0.1, -0.05) is 77.6 Å². The van der Waals surface area contributed by atoms with E-state index in [1.54, 1.807) is 12.1 Å². The molecule has 1 unspecified atom stereocenters. The van der Waals surface area contributed by atoms with Gasteiger partial charge in [0, 0.05) is 5.56 Å². The van der Waals surface area contributed by atoms with E-state index in [-0.39, 0.29) is 17.6 Å². The largest absolute Gasteiger partial charge is 0.465 e. The third-order valence-corrected chi connectivity index (χ3v) is 7.88. The van der Waals surface area contributed by atoms with Crippen molar-refractivity contribution in [3.63, 3.8) is 0 Å². The van der Waals surface area contributed by atoms with Crippen molar-refractivity contribution in [2.75, 3.05) is 7.11 Å². The first-order chi connectivity index (χ1) is 17.5. The summed E-state index contributed by atoms with van der Waals surface area (Å²) in [6.07, 6.45) is 3.66. The maximum absolute atomic E-state index is 13.8. The standard InChI is InChI=1S/C30H24N2O3S/c1-18-7-9-19(10-8-18)17-25-28(33)32-27(21-11-13-22(14-12-21)29(34)35-2)24-16-15-20-5-3-4-6-23(20)26(24)31-30(32)36-25/h3-14,17,27H,15-16H2,1-2H3. The highest BCUT2D eigenvalue weighted by molar-refractivity contribution is 7.07. The summed E-state index contributed by atoms with van der Waals surface area (Å²) in [4.78, 5) is 31.5. The number of aromatic nitrogens is 1. The van der Waals surface area contributed by atoms with Crippen LogP contribution in [0.1, 0.15) is 50.6 Å². The second-order valence-electron chi connectivity index (χ2n) is 9.14. The summed E-state index contributed by atoms with van der Waals surface area (Å²) < 4.78 is 7.35. The van der Waals surface area contributed by atoms with E-state index in [4.69, 9.17) is 9.73 Å². The number of allylic oxidation sites excluding steroid dienone is 1. The van der Waals surface area contributed by atoms with Crippen molar-refractivity contribution in [1.82, 2.24) is 4.57 Å². The lowest BCUT2D eigenvalue weighted by molar-refractivity contribution is 0.0600. The smallest absolute Gasteiger partial charge is 0.337 e. The van der Waals surface area contributed by atoms with Gasteiger partial charge >= 0.3 is 5.97 Å². The van der Waals surface area contributed by atoms with Gasteiger partial charge in [0.2, 0.25) is 0 Å². The van der Waals surface area contributed by atoms with Crippen LogP contribution < -0.4 is 14.9 Å². The molecule has 0 radical (unpaired) electrons. The van der Waals surface area contributed by atoms with Crippen molar-refractivity contribution in [2.45, 2.75) is 25.8 Å². The van der Waals surface area contributed by atoms with Gasteiger partial charge in [0.05, 0.1) is 28.9 Å². The number of carbonyl (C=O) groups excluding carboxylic acids is 1. The number of nitrogens with zero attached hydrogens (tertiary/aromatic N) is 2. The van der Waals surface area contributed by atoms with Crippen molar-refractivity contribution >= 4 is 29.1 Å². The summed E-state index contributed by atoms with van der Waals surface area (Å²) >= 11 is 1.42. The molecule has 0 fully saturated rings. The number of benzene rings is 3. The molecule has 0 bridgehead atoms. The number of ether oxygens (including phenoxy) is 1. The van der Waals surface area contributed by atoms with Crippen LogP contribution in [0.2, 0.25) is 0 Å². The Morgan fingerprint density at radius 3 is 2.53 bits per heavy atom.